The second-order valence-electron chi connectivity index (χ2n) is 12.2. The molecule has 0 amide bonds. The molecule has 0 aliphatic carbocycles. The maximum atomic E-state index is 4.20. The Labute approximate surface area is 287 Å². The quantitative estimate of drug-likeness (QED) is 0.140. The van der Waals surface area contributed by atoms with Gasteiger partial charge >= 0.3 is 0 Å². The van der Waals surface area contributed by atoms with E-state index in [1.54, 1.807) is 0 Å². The molecule has 0 aromatic heterocycles. The van der Waals surface area contributed by atoms with Crippen LogP contribution in [0.5, 0.6) is 0 Å². The average molecular weight is 653 g/mol. The van der Waals surface area contributed by atoms with Crippen LogP contribution in [0.2, 0.25) is 0 Å². The lowest BCUT2D eigenvalue weighted by Crippen LogP contribution is -2.77. The summed E-state index contributed by atoms with van der Waals surface area (Å²) in [5, 5.41) is 8.06. The van der Waals surface area contributed by atoms with Crippen molar-refractivity contribution in [2.24, 2.45) is 0 Å². The minimum atomic E-state index is -2.67. The van der Waals surface area contributed by atoms with E-state index in [2.05, 4.69) is 216 Å². The van der Waals surface area contributed by atoms with Gasteiger partial charge < -0.3 is 9.96 Å². The van der Waals surface area contributed by atoms with Gasteiger partial charge in [-0.1, -0.05) is 206 Å². The van der Waals surface area contributed by atoms with Crippen molar-refractivity contribution in [1.82, 2.24) is 9.96 Å². The maximum Gasteiger partial charge on any atom is 0.222 e. The van der Waals surface area contributed by atoms with Crippen LogP contribution in [0.4, 0.5) is 0 Å². The molecule has 0 aliphatic heterocycles. The molecule has 0 radical (unpaired) electrons. The molecule has 0 atom stereocenters. The first kappa shape index (κ1) is 31.5. The molecule has 2 nitrogen and oxygen atoms in total. The van der Waals surface area contributed by atoms with Crippen molar-refractivity contribution in [3.05, 3.63) is 217 Å². The molecule has 48 heavy (non-hydrogen) atoms. The third kappa shape index (κ3) is 6.39. The molecule has 4 heteroatoms. The largest absolute Gasteiger partial charge is 0.323 e. The first-order valence-electron chi connectivity index (χ1n) is 16.7. The number of nitrogens with one attached hydrogen (secondary N) is 2. The van der Waals surface area contributed by atoms with Crippen molar-refractivity contribution in [3.63, 3.8) is 0 Å². The molecule has 0 spiro atoms. The summed E-state index contributed by atoms with van der Waals surface area (Å²) in [7, 11) is -5.35. The fourth-order valence-corrected chi connectivity index (χ4v) is 15.3. The minimum Gasteiger partial charge on any atom is -0.323 e. The summed E-state index contributed by atoms with van der Waals surface area (Å²) in [6, 6.07) is 75.5. The van der Waals surface area contributed by atoms with Crippen LogP contribution in [0.3, 0.4) is 0 Å². The molecule has 0 bridgehead atoms. The highest BCUT2D eigenvalue weighted by molar-refractivity contribution is 7.11. The van der Waals surface area contributed by atoms with Crippen molar-refractivity contribution in [2.45, 2.75) is 13.1 Å². The van der Waals surface area contributed by atoms with E-state index in [9.17, 15) is 0 Å². The van der Waals surface area contributed by atoms with Crippen LogP contribution in [0.1, 0.15) is 11.1 Å². The lowest BCUT2D eigenvalue weighted by Gasteiger charge is -2.37. The third-order valence-corrected chi connectivity index (χ3v) is 18.0. The standard InChI is InChI=1S/C44H40N2Si2/c1-7-19-37(20-8-1)35-45-47(39-23-11-3-12-24-39,40-25-13-4-14-26-40)43-31-33-44(34-32-43)48(41-27-15-5-16-28-41,42-29-17-6-18-30-42)46-36-38-21-9-2-10-22-38/h1-34,45-46H,35-36H2. The van der Waals surface area contributed by atoms with E-state index in [1.165, 1.54) is 42.2 Å². The van der Waals surface area contributed by atoms with Crippen LogP contribution in [0.15, 0.2) is 206 Å². The van der Waals surface area contributed by atoms with Crippen LogP contribution in [0.25, 0.3) is 0 Å². The molecule has 7 aromatic rings. The van der Waals surface area contributed by atoms with Gasteiger partial charge in [-0.25, -0.2) is 0 Å². The zero-order valence-corrected chi connectivity index (χ0v) is 29.0. The molecule has 0 saturated carbocycles. The van der Waals surface area contributed by atoms with E-state index in [1.807, 2.05) is 0 Å². The molecule has 0 aliphatic rings. The van der Waals surface area contributed by atoms with E-state index in [0.717, 1.165) is 13.1 Å². The predicted octanol–water partition coefficient (Wildman–Crippen LogP) is 5.20. The van der Waals surface area contributed by atoms with Gasteiger partial charge in [-0.2, -0.15) is 0 Å². The average Bonchev–Trinajstić information content (AvgIpc) is 3.18. The smallest absolute Gasteiger partial charge is 0.222 e. The van der Waals surface area contributed by atoms with Crippen LogP contribution < -0.4 is 41.1 Å². The summed E-state index contributed by atoms with van der Waals surface area (Å²) in [5.74, 6) is 0. The first-order chi connectivity index (χ1) is 23.8. The van der Waals surface area contributed by atoms with Gasteiger partial charge in [0.05, 0.1) is 0 Å². The van der Waals surface area contributed by atoms with Crippen molar-refractivity contribution >= 4 is 47.6 Å². The number of hydrogen-bond donors (Lipinski definition) is 2. The zero-order chi connectivity index (χ0) is 32.5. The van der Waals surface area contributed by atoms with Gasteiger partial charge in [-0.15, -0.1) is 0 Å². The molecular formula is C44H40N2Si2. The molecular weight excluding hydrogens is 613 g/mol. The van der Waals surface area contributed by atoms with E-state index in [4.69, 9.17) is 0 Å². The van der Waals surface area contributed by atoms with Crippen molar-refractivity contribution in [2.75, 3.05) is 0 Å². The molecule has 0 fully saturated rings. The van der Waals surface area contributed by atoms with Crippen LogP contribution in [-0.2, 0) is 13.1 Å². The van der Waals surface area contributed by atoms with E-state index >= 15 is 0 Å². The van der Waals surface area contributed by atoms with Gasteiger partial charge in [-0.05, 0) is 42.2 Å². The Morgan fingerprint density at radius 1 is 0.250 bits per heavy atom. The lowest BCUT2D eigenvalue weighted by molar-refractivity contribution is 0.932. The van der Waals surface area contributed by atoms with E-state index < -0.39 is 16.5 Å². The zero-order valence-electron chi connectivity index (χ0n) is 27.0. The Morgan fingerprint density at radius 2 is 0.458 bits per heavy atom. The molecule has 0 heterocycles. The fraction of sp³-hybridized carbons (Fsp3) is 0.0455. The van der Waals surface area contributed by atoms with Crippen molar-refractivity contribution in [3.8, 4) is 0 Å². The third-order valence-electron chi connectivity index (χ3n) is 9.38. The normalized spacial score (nSPS) is 11.7. The van der Waals surface area contributed by atoms with Crippen molar-refractivity contribution < 1.29 is 0 Å². The Hall–Kier alpha value is -5.11. The summed E-state index contributed by atoms with van der Waals surface area (Å²) in [4.78, 5) is 8.40. The Bertz CT molecular complexity index is 1760. The van der Waals surface area contributed by atoms with Gasteiger partial charge in [0.25, 0.3) is 0 Å². The van der Waals surface area contributed by atoms with Crippen LogP contribution in [0, 0.1) is 0 Å². The molecule has 2 N–H and O–H groups in total. The fourth-order valence-electron chi connectivity index (χ4n) is 7.00. The van der Waals surface area contributed by atoms with Gasteiger partial charge in [0.15, 0.2) is 0 Å². The highest BCUT2D eigenvalue weighted by Gasteiger charge is 2.42. The number of hydrogen-bond acceptors (Lipinski definition) is 2. The Morgan fingerprint density at radius 3 is 0.708 bits per heavy atom. The second-order valence-corrected chi connectivity index (χ2v) is 19.4. The van der Waals surface area contributed by atoms with Gasteiger partial charge in [0, 0.05) is 13.1 Å². The second kappa shape index (κ2) is 14.8. The predicted molar refractivity (Wildman–Crippen MR) is 208 cm³/mol. The van der Waals surface area contributed by atoms with Gasteiger partial charge in [-0.3, -0.25) is 0 Å². The van der Waals surface area contributed by atoms with Crippen LogP contribution in [-0.4, -0.2) is 16.5 Å². The van der Waals surface area contributed by atoms with E-state index in [-0.39, 0.29) is 0 Å². The molecule has 7 rings (SSSR count). The van der Waals surface area contributed by atoms with Gasteiger partial charge in [0.1, 0.15) is 0 Å². The molecule has 0 saturated heterocycles. The highest BCUT2D eigenvalue weighted by Crippen LogP contribution is 2.11. The summed E-state index contributed by atoms with van der Waals surface area (Å²) in [6.07, 6.45) is 0. The number of benzene rings is 7. The first-order valence-corrected chi connectivity index (χ1v) is 20.7. The summed E-state index contributed by atoms with van der Waals surface area (Å²) in [6.45, 7) is 1.56. The monoisotopic (exact) mass is 652 g/mol. The Kier molecular flexibility index (Phi) is 9.68. The topological polar surface area (TPSA) is 24.1 Å². The molecule has 0 unspecified atom stereocenters. The Balaban J connectivity index is 1.40. The van der Waals surface area contributed by atoms with Crippen molar-refractivity contribution in [1.29, 1.82) is 0 Å². The SMILES string of the molecule is c1ccc(CN[Si](c2ccccc2)(c2ccccc2)c2ccc([Si](NCc3ccccc3)(c3ccccc3)c3ccccc3)cc2)cc1. The van der Waals surface area contributed by atoms with E-state index in [0.29, 0.717) is 0 Å². The highest BCUT2D eigenvalue weighted by atomic mass is 28.3. The van der Waals surface area contributed by atoms with Gasteiger partial charge in [0.2, 0.25) is 16.5 Å². The maximum absolute atomic E-state index is 4.20. The van der Waals surface area contributed by atoms with Crippen LogP contribution >= 0.6 is 0 Å². The summed E-state index contributed by atoms with van der Waals surface area (Å²) >= 11 is 0. The minimum absolute atomic E-state index is 0.782. The molecule has 234 valence electrons. The summed E-state index contributed by atoms with van der Waals surface area (Å²) in [5.41, 5.74) is 2.56. The number of rotatable bonds is 12. The lowest BCUT2D eigenvalue weighted by atomic mass is 10.2. The summed E-state index contributed by atoms with van der Waals surface area (Å²) < 4.78 is 0. The molecule has 7 aromatic carbocycles.